The zero-order chi connectivity index (χ0) is 23.8. The van der Waals surface area contributed by atoms with Crippen LogP contribution in [0.3, 0.4) is 0 Å². The predicted octanol–water partition coefficient (Wildman–Crippen LogP) is 2.77. The highest BCUT2D eigenvalue weighted by Gasteiger charge is 2.48. The third kappa shape index (κ3) is 5.12. The minimum atomic E-state index is -0.171. The maximum absolute atomic E-state index is 5.81. The highest BCUT2D eigenvalue weighted by Crippen LogP contribution is 2.41. The van der Waals surface area contributed by atoms with Gasteiger partial charge in [-0.2, -0.15) is 25.0 Å². The van der Waals surface area contributed by atoms with E-state index in [4.69, 9.17) is 14.8 Å². The first-order valence-corrected chi connectivity index (χ1v) is 11.0. The summed E-state index contributed by atoms with van der Waals surface area (Å²) >= 11 is 0. The Bertz CT molecular complexity index is 904. The van der Waals surface area contributed by atoms with Gasteiger partial charge in [-0.05, 0) is 68.2 Å². The van der Waals surface area contributed by atoms with Crippen LogP contribution in [0.4, 0.5) is 11.9 Å². The number of nitrogens with zero attached hydrogens (tertiary/aromatic N) is 9. The Balaban J connectivity index is 2.01. The van der Waals surface area contributed by atoms with E-state index in [0.29, 0.717) is 41.9 Å². The van der Waals surface area contributed by atoms with Gasteiger partial charge in [-0.1, -0.05) is 0 Å². The van der Waals surface area contributed by atoms with Gasteiger partial charge in [0, 0.05) is 24.2 Å². The van der Waals surface area contributed by atoms with E-state index in [9.17, 15) is 0 Å². The molecule has 0 aliphatic carbocycles. The van der Waals surface area contributed by atoms with Crippen LogP contribution in [0.2, 0.25) is 0 Å². The van der Waals surface area contributed by atoms with Crippen LogP contribution in [0.1, 0.15) is 63.8 Å². The molecule has 0 aromatic carbocycles. The molecule has 1 aliphatic heterocycles. The molecule has 2 aromatic rings. The quantitative estimate of drug-likeness (QED) is 0.620. The summed E-state index contributed by atoms with van der Waals surface area (Å²) in [6.07, 6.45) is 1.77. The second-order valence-corrected chi connectivity index (χ2v) is 9.93. The normalized spacial score (nSPS) is 18.6. The fourth-order valence-electron chi connectivity index (χ4n) is 5.06. The van der Waals surface area contributed by atoms with Crippen LogP contribution in [-0.4, -0.2) is 72.9 Å². The summed E-state index contributed by atoms with van der Waals surface area (Å²) in [4.78, 5) is 37.3. The van der Waals surface area contributed by atoms with Gasteiger partial charge in [0.2, 0.25) is 11.9 Å². The van der Waals surface area contributed by atoms with E-state index < -0.39 is 0 Å². The summed E-state index contributed by atoms with van der Waals surface area (Å²) in [5, 5.41) is 2.11. The molecule has 0 unspecified atom stereocenters. The summed E-state index contributed by atoms with van der Waals surface area (Å²) < 4.78 is 0. The molecule has 0 spiro atoms. The molecule has 3 heterocycles. The van der Waals surface area contributed by atoms with Crippen molar-refractivity contribution >= 4 is 11.9 Å². The smallest absolute Gasteiger partial charge is 0.230 e. The number of anilines is 2. The van der Waals surface area contributed by atoms with E-state index in [1.807, 2.05) is 39.6 Å². The molecule has 176 valence electrons. The Kier molecular flexibility index (Phi) is 6.67. The third-order valence-electron chi connectivity index (χ3n) is 5.85. The maximum atomic E-state index is 5.81. The van der Waals surface area contributed by atoms with Gasteiger partial charge < -0.3 is 14.6 Å². The van der Waals surface area contributed by atoms with E-state index in [0.717, 1.165) is 12.8 Å². The van der Waals surface area contributed by atoms with Gasteiger partial charge >= 0.3 is 0 Å². The lowest BCUT2D eigenvalue weighted by Gasteiger charge is -2.55. The number of rotatable bonds is 6. The molecule has 1 saturated heterocycles. The standard InChI is InChI=1S/C22H37N9O/c1-14-23-15(2)26-19(25-14)29(9)13-30(20-27-16(3)24-17(4)28-20)18-11-21(5,6)31(32-10)22(7,8)12-18/h18H,11-13H2,1-10H3. The maximum Gasteiger partial charge on any atom is 0.230 e. The van der Waals surface area contributed by atoms with Crippen molar-refractivity contribution < 1.29 is 4.84 Å². The highest BCUT2D eigenvalue weighted by atomic mass is 16.7. The second-order valence-electron chi connectivity index (χ2n) is 9.93. The number of hydrogen-bond donors (Lipinski definition) is 0. The van der Waals surface area contributed by atoms with Crippen LogP contribution in [0.15, 0.2) is 0 Å². The Labute approximate surface area is 191 Å². The zero-order valence-electron chi connectivity index (χ0n) is 21.1. The molecule has 0 amide bonds. The number of aromatic nitrogens is 6. The lowest BCUT2D eigenvalue weighted by atomic mass is 9.78. The van der Waals surface area contributed by atoms with Gasteiger partial charge in [0.1, 0.15) is 23.3 Å². The van der Waals surface area contributed by atoms with Crippen molar-refractivity contribution in [3.05, 3.63) is 23.3 Å². The number of hydrogen-bond acceptors (Lipinski definition) is 10. The van der Waals surface area contributed by atoms with Gasteiger partial charge in [0.05, 0.1) is 13.8 Å². The lowest BCUT2D eigenvalue weighted by molar-refractivity contribution is -0.266. The van der Waals surface area contributed by atoms with Crippen molar-refractivity contribution in [3.63, 3.8) is 0 Å². The molecule has 0 bridgehead atoms. The SMILES string of the molecule is CON1C(C)(C)CC(N(CN(C)c2nc(C)nc(C)n2)c2nc(C)nc(C)n2)CC1(C)C. The van der Waals surface area contributed by atoms with Gasteiger partial charge in [0.25, 0.3) is 0 Å². The third-order valence-corrected chi connectivity index (χ3v) is 5.85. The Morgan fingerprint density at radius 2 is 1.19 bits per heavy atom. The Hall–Kier alpha value is -2.46. The van der Waals surface area contributed by atoms with E-state index >= 15 is 0 Å². The summed E-state index contributed by atoms with van der Waals surface area (Å²) in [5.74, 6) is 4.13. The van der Waals surface area contributed by atoms with E-state index in [1.165, 1.54) is 0 Å². The minimum Gasteiger partial charge on any atom is -0.326 e. The minimum absolute atomic E-state index is 0.171. The Morgan fingerprint density at radius 3 is 1.59 bits per heavy atom. The fraction of sp³-hybridized carbons (Fsp3) is 0.727. The molecule has 0 radical (unpaired) electrons. The molecule has 1 aliphatic rings. The predicted molar refractivity (Wildman–Crippen MR) is 124 cm³/mol. The number of piperidine rings is 1. The van der Waals surface area contributed by atoms with Crippen LogP contribution in [0, 0.1) is 27.7 Å². The molecular weight excluding hydrogens is 406 g/mol. The highest BCUT2D eigenvalue weighted by molar-refractivity contribution is 5.38. The van der Waals surface area contributed by atoms with Crippen LogP contribution < -0.4 is 9.80 Å². The van der Waals surface area contributed by atoms with Crippen LogP contribution >= 0.6 is 0 Å². The summed E-state index contributed by atoms with van der Waals surface area (Å²) in [5.41, 5.74) is -0.342. The summed E-state index contributed by atoms with van der Waals surface area (Å²) in [7, 11) is 3.74. The first kappa shape index (κ1) is 24.2. The van der Waals surface area contributed by atoms with Crippen LogP contribution in [0.25, 0.3) is 0 Å². The first-order valence-electron chi connectivity index (χ1n) is 11.0. The second kappa shape index (κ2) is 8.82. The molecule has 0 atom stereocenters. The van der Waals surface area contributed by atoms with Crippen LogP contribution in [0.5, 0.6) is 0 Å². The van der Waals surface area contributed by atoms with Crippen molar-refractivity contribution in [2.24, 2.45) is 0 Å². The molecule has 3 rings (SSSR count). The molecular formula is C22H37N9O. The van der Waals surface area contributed by atoms with E-state index in [-0.39, 0.29) is 17.1 Å². The fourth-order valence-corrected chi connectivity index (χ4v) is 5.06. The summed E-state index contributed by atoms with van der Waals surface area (Å²) in [6.45, 7) is 17.0. The van der Waals surface area contributed by atoms with Crippen molar-refractivity contribution in [2.45, 2.75) is 85.4 Å². The molecule has 1 fully saturated rings. The molecule has 0 saturated carbocycles. The average Bonchev–Trinajstić information content (AvgIpc) is 2.62. The topological polar surface area (TPSA) is 96.3 Å². The monoisotopic (exact) mass is 443 g/mol. The Morgan fingerprint density at radius 1 is 0.781 bits per heavy atom. The summed E-state index contributed by atoms with van der Waals surface area (Å²) in [6, 6.07) is 0.180. The van der Waals surface area contributed by atoms with Gasteiger partial charge in [0.15, 0.2) is 0 Å². The number of aryl methyl sites for hydroxylation is 4. The van der Waals surface area contributed by atoms with Crippen molar-refractivity contribution in [2.75, 3.05) is 30.6 Å². The van der Waals surface area contributed by atoms with Gasteiger partial charge in [-0.3, -0.25) is 0 Å². The molecule has 2 aromatic heterocycles. The molecule has 10 heteroatoms. The molecule has 32 heavy (non-hydrogen) atoms. The van der Waals surface area contributed by atoms with Gasteiger partial charge in [-0.25, -0.2) is 9.97 Å². The first-order chi connectivity index (χ1) is 14.8. The molecule has 10 nitrogen and oxygen atoms in total. The van der Waals surface area contributed by atoms with Crippen molar-refractivity contribution in [1.29, 1.82) is 0 Å². The van der Waals surface area contributed by atoms with E-state index in [2.05, 4.69) is 57.6 Å². The molecule has 0 N–H and O–H groups in total. The zero-order valence-corrected chi connectivity index (χ0v) is 21.1. The van der Waals surface area contributed by atoms with Crippen molar-refractivity contribution in [1.82, 2.24) is 35.0 Å². The van der Waals surface area contributed by atoms with Gasteiger partial charge in [-0.15, -0.1) is 0 Å². The average molecular weight is 444 g/mol. The van der Waals surface area contributed by atoms with Crippen LogP contribution in [-0.2, 0) is 4.84 Å². The lowest BCUT2D eigenvalue weighted by Crippen LogP contribution is -2.64. The largest absolute Gasteiger partial charge is 0.326 e. The van der Waals surface area contributed by atoms with Crippen molar-refractivity contribution in [3.8, 4) is 0 Å². The van der Waals surface area contributed by atoms with E-state index in [1.54, 1.807) is 7.11 Å². The number of hydroxylamine groups is 2.